The molecule has 1 amide bonds. The summed E-state index contributed by atoms with van der Waals surface area (Å²) in [4.78, 5) is 21.0. The Hall–Kier alpha value is -1.59. The molecule has 1 aromatic heterocycles. The molecule has 0 atom stereocenters. The van der Waals surface area contributed by atoms with Crippen LogP contribution in [0.1, 0.15) is 28.5 Å². The molecule has 1 heterocycles. The van der Waals surface area contributed by atoms with Crippen molar-refractivity contribution >= 4 is 35.0 Å². The third kappa shape index (κ3) is 3.54. The fraction of sp³-hybridized carbons (Fsp3) is 0.267. The third-order valence-corrected chi connectivity index (χ3v) is 4.09. The van der Waals surface area contributed by atoms with Gasteiger partial charge < -0.3 is 5.32 Å². The summed E-state index contributed by atoms with van der Waals surface area (Å²) in [5.74, 6) is -0.218. The smallest absolute Gasteiger partial charge is 0.259 e. The zero-order chi connectivity index (χ0) is 15.4. The summed E-state index contributed by atoms with van der Waals surface area (Å²) < 4.78 is 0. The van der Waals surface area contributed by atoms with Crippen LogP contribution in [0.3, 0.4) is 0 Å². The first-order valence-corrected chi connectivity index (χ1v) is 8.13. The van der Waals surface area contributed by atoms with Crippen LogP contribution in [0, 0.1) is 6.92 Å². The van der Waals surface area contributed by atoms with E-state index in [9.17, 15) is 4.79 Å². The van der Waals surface area contributed by atoms with Crippen LogP contribution in [-0.4, -0.2) is 22.1 Å². The van der Waals surface area contributed by atoms with Crippen molar-refractivity contribution in [3.05, 3.63) is 46.2 Å². The minimum absolute atomic E-state index is 0.218. The van der Waals surface area contributed by atoms with E-state index in [1.165, 1.54) is 11.8 Å². The van der Waals surface area contributed by atoms with Crippen molar-refractivity contribution in [3.8, 4) is 0 Å². The number of anilines is 1. The summed E-state index contributed by atoms with van der Waals surface area (Å²) >= 11 is 7.52. The Morgan fingerprint density at radius 3 is 2.86 bits per heavy atom. The highest BCUT2D eigenvalue weighted by Gasteiger charge is 2.15. The first kappa shape index (κ1) is 15.8. The molecule has 1 aromatic carbocycles. The van der Waals surface area contributed by atoms with E-state index in [1.54, 1.807) is 18.3 Å². The number of hydrogen-bond acceptors (Lipinski definition) is 4. The largest absolute Gasteiger partial charge is 0.322 e. The van der Waals surface area contributed by atoms with Crippen molar-refractivity contribution in [1.82, 2.24) is 9.97 Å². The Labute approximate surface area is 133 Å². The highest BCUT2D eigenvalue weighted by Crippen LogP contribution is 2.24. The quantitative estimate of drug-likeness (QED) is 0.683. The van der Waals surface area contributed by atoms with Gasteiger partial charge in [0.2, 0.25) is 0 Å². The second-order valence-corrected chi connectivity index (χ2v) is 5.62. The second kappa shape index (κ2) is 6.91. The number of aromatic nitrogens is 2. The van der Waals surface area contributed by atoms with Crippen molar-refractivity contribution in [2.24, 2.45) is 0 Å². The molecule has 4 nitrogen and oxygen atoms in total. The molecule has 0 fully saturated rings. The van der Waals surface area contributed by atoms with E-state index in [-0.39, 0.29) is 5.91 Å². The number of carbonyl (C=O) groups excluding carboxylic acids is 1. The van der Waals surface area contributed by atoms with Crippen LogP contribution < -0.4 is 5.32 Å². The van der Waals surface area contributed by atoms with Gasteiger partial charge in [-0.1, -0.05) is 36.4 Å². The number of hydrogen-bond donors (Lipinski definition) is 1. The van der Waals surface area contributed by atoms with Crippen LogP contribution in [0.15, 0.2) is 29.6 Å². The minimum Gasteiger partial charge on any atom is -0.322 e. The minimum atomic E-state index is -0.218. The second-order valence-electron chi connectivity index (χ2n) is 4.44. The molecule has 0 bridgehead atoms. The van der Waals surface area contributed by atoms with Crippen LogP contribution in [0.2, 0.25) is 5.02 Å². The molecular formula is C15H16ClN3OS. The Bertz CT molecular complexity index is 676. The summed E-state index contributed by atoms with van der Waals surface area (Å²) in [5.41, 5.74) is 2.77. The van der Waals surface area contributed by atoms with Gasteiger partial charge in [-0.2, -0.15) is 0 Å². The van der Waals surface area contributed by atoms with Gasteiger partial charge in [-0.3, -0.25) is 4.79 Å². The molecule has 6 heteroatoms. The van der Waals surface area contributed by atoms with Crippen LogP contribution in [0.4, 0.5) is 5.69 Å². The molecule has 0 unspecified atom stereocenters. The van der Waals surface area contributed by atoms with E-state index >= 15 is 0 Å². The van der Waals surface area contributed by atoms with Gasteiger partial charge >= 0.3 is 0 Å². The lowest BCUT2D eigenvalue weighted by Gasteiger charge is -2.11. The number of amides is 1. The fourth-order valence-corrected chi connectivity index (χ4v) is 2.42. The highest BCUT2D eigenvalue weighted by atomic mass is 35.5. The van der Waals surface area contributed by atoms with Crippen LogP contribution in [0.25, 0.3) is 0 Å². The predicted octanol–water partition coefficient (Wildman–Crippen LogP) is 3.98. The monoisotopic (exact) mass is 321 g/mol. The molecular weight excluding hydrogens is 306 g/mol. The van der Waals surface area contributed by atoms with Crippen molar-refractivity contribution in [1.29, 1.82) is 0 Å². The number of nitrogens with zero attached hydrogens (tertiary/aromatic N) is 2. The number of benzene rings is 1. The average Bonchev–Trinajstić information content (AvgIpc) is 2.51. The Morgan fingerprint density at radius 1 is 1.43 bits per heavy atom. The standard InChI is InChI=1S/C15H16ClN3OS/c1-4-12-10(8-17-15(19-12)21-3)14(20)18-13-7-5-6-11(16)9(13)2/h5-8H,4H2,1-3H3,(H,18,20). The first-order chi connectivity index (χ1) is 10.1. The van der Waals surface area contributed by atoms with Crippen molar-refractivity contribution < 1.29 is 4.79 Å². The van der Waals surface area contributed by atoms with E-state index in [2.05, 4.69) is 15.3 Å². The molecule has 0 saturated carbocycles. The number of halogens is 1. The maximum absolute atomic E-state index is 12.4. The number of nitrogens with one attached hydrogen (secondary N) is 1. The van der Waals surface area contributed by atoms with Crippen molar-refractivity contribution in [2.75, 3.05) is 11.6 Å². The summed E-state index contributed by atoms with van der Waals surface area (Å²) in [5, 5.41) is 4.16. The molecule has 0 aliphatic rings. The first-order valence-electron chi connectivity index (χ1n) is 6.53. The molecule has 110 valence electrons. The SMILES string of the molecule is CCc1nc(SC)ncc1C(=O)Nc1cccc(Cl)c1C. The van der Waals surface area contributed by atoms with Crippen LogP contribution in [-0.2, 0) is 6.42 Å². The van der Waals surface area contributed by atoms with E-state index < -0.39 is 0 Å². The van der Waals surface area contributed by atoms with Crippen LogP contribution >= 0.6 is 23.4 Å². The van der Waals surface area contributed by atoms with E-state index in [1.807, 2.05) is 26.2 Å². The van der Waals surface area contributed by atoms with Crippen molar-refractivity contribution in [3.63, 3.8) is 0 Å². The molecule has 0 radical (unpaired) electrons. The Morgan fingerprint density at radius 2 is 2.19 bits per heavy atom. The molecule has 0 aliphatic heterocycles. The zero-order valence-corrected chi connectivity index (χ0v) is 13.7. The average molecular weight is 322 g/mol. The van der Waals surface area contributed by atoms with Gasteiger partial charge in [-0.05, 0) is 37.3 Å². The topological polar surface area (TPSA) is 54.9 Å². The maximum Gasteiger partial charge on any atom is 0.259 e. The van der Waals surface area contributed by atoms with Gasteiger partial charge in [-0.25, -0.2) is 9.97 Å². The summed E-state index contributed by atoms with van der Waals surface area (Å²) in [6.45, 7) is 3.83. The Balaban J connectivity index is 2.30. The molecule has 21 heavy (non-hydrogen) atoms. The number of thioether (sulfide) groups is 1. The maximum atomic E-state index is 12.4. The predicted molar refractivity (Wildman–Crippen MR) is 87.3 cm³/mol. The van der Waals surface area contributed by atoms with E-state index in [0.717, 1.165) is 11.3 Å². The Kier molecular flexibility index (Phi) is 5.20. The van der Waals surface area contributed by atoms with Gasteiger partial charge in [-0.15, -0.1) is 0 Å². The van der Waals surface area contributed by atoms with Gasteiger partial charge in [0.25, 0.3) is 5.91 Å². The van der Waals surface area contributed by atoms with E-state index in [4.69, 9.17) is 11.6 Å². The lowest BCUT2D eigenvalue weighted by molar-refractivity contribution is 0.102. The normalized spacial score (nSPS) is 10.5. The molecule has 2 rings (SSSR count). The summed E-state index contributed by atoms with van der Waals surface area (Å²) in [6.07, 6.45) is 4.16. The van der Waals surface area contributed by atoms with E-state index in [0.29, 0.717) is 27.9 Å². The van der Waals surface area contributed by atoms with Gasteiger partial charge in [0.15, 0.2) is 5.16 Å². The summed E-state index contributed by atoms with van der Waals surface area (Å²) in [7, 11) is 0. The molecule has 0 aliphatic carbocycles. The van der Waals surface area contributed by atoms with Gasteiger partial charge in [0.05, 0.1) is 11.3 Å². The lowest BCUT2D eigenvalue weighted by atomic mass is 10.1. The van der Waals surface area contributed by atoms with Gasteiger partial charge in [0.1, 0.15) is 0 Å². The fourth-order valence-electron chi connectivity index (χ4n) is 1.89. The number of carbonyl (C=O) groups is 1. The van der Waals surface area contributed by atoms with Gasteiger partial charge in [0, 0.05) is 16.9 Å². The third-order valence-electron chi connectivity index (χ3n) is 3.12. The van der Waals surface area contributed by atoms with Crippen molar-refractivity contribution in [2.45, 2.75) is 25.4 Å². The molecule has 0 saturated heterocycles. The molecule has 0 spiro atoms. The number of rotatable bonds is 4. The number of aryl methyl sites for hydroxylation is 1. The molecule has 1 N–H and O–H groups in total. The lowest BCUT2D eigenvalue weighted by Crippen LogP contribution is -2.16. The zero-order valence-electron chi connectivity index (χ0n) is 12.1. The summed E-state index contributed by atoms with van der Waals surface area (Å²) in [6, 6.07) is 5.42. The van der Waals surface area contributed by atoms with Crippen LogP contribution in [0.5, 0.6) is 0 Å². The molecule has 2 aromatic rings. The highest BCUT2D eigenvalue weighted by molar-refractivity contribution is 7.98.